The van der Waals surface area contributed by atoms with E-state index in [1.54, 1.807) is 18.4 Å². The summed E-state index contributed by atoms with van der Waals surface area (Å²) in [6.45, 7) is 0.453. The standard InChI is InChI=1S/C15H13FN2O2S/c16-9-3-4-12-11(8-9)13(17)14(21-12)15(19)18-6-5-10-2-1-7-20-10/h1-4,7-8H,5-6,17H2,(H,18,19). The van der Waals surface area contributed by atoms with Crippen LogP contribution in [-0.4, -0.2) is 12.5 Å². The molecule has 108 valence electrons. The molecule has 0 spiro atoms. The van der Waals surface area contributed by atoms with Gasteiger partial charge in [-0.25, -0.2) is 4.39 Å². The number of nitrogen functional groups attached to an aromatic ring is 1. The van der Waals surface area contributed by atoms with E-state index < -0.39 is 0 Å². The van der Waals surface area contributed by atoms with Crippen molar-refractivity contribution in [3.8, 4) is 0 Å². The molecule has 0 aliphatic rings. The number of nitrogens with one attached hydrogen (secondary N) is 1. The Labute approximate surface area is 124 Å². The van der Waals surface area contributed by atoms with Crippen molar-refractivity contribution in [3.63, 3.8) is 0 Å². The molecule has 0 aliphatic carbocycles. The first-order valence-electron chi connectivity index (χ1n) is 6.43. The first kappa shape index (κ1) is 13.6. The Hall–Kier alpha value is -2.34. The summed E-state index contributed by atoms with van der Waals surface area (Å²) >= 11 is 1.26. The van der Waals surface area contributed by atoms with Crippen molar-refractivity contribution in [2.75, 3.05) is 12.3 Å². The van der Waals surface area contributed by atoms with Gasteiger partial charge in [-0.15, -0.1) is 11.3 Å². The van der Waals surface area contributed by atoms with Crippen molar-refractivity contribution in [1.29, 1.82) is 0 Å². The molecule has 1 amide bonds. The molecule has 2 heterocycles. The van der Waals surface area contributed by atoms with Gasteiger partial charge in [0.05, 0.1) is 12.0 Å². The SMILES string of the molecule is Nc1c(C(=O)NCCc2ccco2)sc2ccc(F)cc12. The monoisotopic (exact) mass is 304 g/mol. The van der Waals surface area contributed by atoms with E-state index in [9.17, 15) is 9.18 Å². The van der Waals surface area contributed by atoms with Gasteiger partial charge in [-0.3, -0.25) is 4.79 Å². The lowest BCUT2D eigenvalue weighted by atomic mass is 10.2. The number of rotatable bonds is 4. The Kier molecular flexibility index (Phi) is 3.62. The second kappa shape index (κ2) is 5.57. The van der Waals surface area contributed by atoms with Gasteiger partial charge in [0.15, 0.2) is 0 Å². The number of halogens is 1. The molecule has 21 heavy (non-hydrogen) atoms. The van der Waals surface area contributed by atoms with Crippen LogP contribution < -0.4 is 11.1 Å². The van der Waals surface area contributed by atoms with Crippen molar-refractivity contribution in [1.82, 2.24) is 5.32 Å². The number of fused-ring (bicyclic) bond motifs is 1. The Balaban J connectivity index is 1.73. The summed E-state index contributed by atoms with van der Waals surface area (Å²) in [5, 5.41) is 3.37. The molecular weight excluding hydrogens is 291 g/mol. The molecule has 4 nitrogen and oxygen atoms in total. The van der Waals surface area contributed by atoms with Crippen molar-refractivity contribution in [2.24, 2.45) is 0 Å². The summed E-state index contributed by atoms with van der Waals surface area (Å²) in [5.41, 5.74) is 6.26. The summed E-state index contributed by atoms with van der Waals surface area (Å²) in [7, 11) is 0. The molecule has 3 aromatic rings. The predicted molar refractivity (Wildman–Crippen MR) is 80.9 cm³/mol. The number of nitrogens with two attached hydrogens (primary N) is 1. The molecule has 0 saturated heterocycles. The maximum Gasteiger partial charge on any atom is 0.263 e. The van der Waals surface area contributed by atoms with E-state index in [2.05, 4.69) is 5.32 Å². The maximum absolute atomic E-state index is 13.2. The molecule has 3 N–H and O–H groups in total. The Morgan fingerprint density at radius 2 is 2.24 bits per heavy atom. The molecule has 0 bridgehead atoms. The molecule has 2 aromatic heterocycles. The van der Waals surface area contributed by atoms with Crippen LogP contribution in [0, 0.1) is 5.82 Å². The minimum Gasteiger partial charge on any atom is -0.469 e. The van der Waals surface area contributed by atoms with Gasteiger partial charge in [0, 0.05) is 23.1 Å². The summed E-state index contributed by atoms with van der Waals surface area (Å²) in [5.74, 6) is 0.194. The smallest absolute Gasteiger partial charge is 0.263 e. The van der Waals surface area contributed by atoms with E-state index in [0.29, 0.717) is 28.9 Å². The molecule has 0 radical (unpaired) electrons. The van der Waals surface area contributed by atoms with Crippen LogP contribution in [0.3, 0.4) is 0 Å². The molecule has 6 heteroatoms. The highest BCUT2D eigenvalue weighted by atomic mass is 32.1. The van der Waals surface area contributed by atoms with Crippen LogP contribution in [0.2, 0.25) is 0 Å². The molecule has 1 aromatic carbocycles. The average Bonchev–Trinajstić information content (AvgIpc) is 3.08. The minimum atomic E-state index is -0.364. The van der Waals surface area contributed by atoms with Gasteiger partial charge >= 0.3 is 0 Å². The summed E-state index contributed by atoms with van der Waals surface area (Å²) in [6, 6.07) is 7.99. The van der Waals surface area contributed by atoms with E-state index in [1.165, 1.54) is 23.5 Å². The highest BCUT2D eigenvalue weighted by Gasteiger charge is 2.16. The van der Waals surface area contributed by atoms with Crippen LogP contribution >= 0.6 is 11.3 Å². The third-order valence-corrected chi connectivity index (χ3v) is 4.32. The highest BCUT2D eigenvalue weighted by Crippen LogP contribution is 2.33. The Morgan fingerprint density at radius 3 is 3.00 bits per heavy atom. The minimum absolute atomic E-state index is 0.249. The maximum atomic E-state index is 13.2. The van der Waals surface area contributed by atoms with Gasteiger partial charge in [0.25, 0.3) is 5.91 Å². The fourth-order valence-electron chi connectivity index (χ4n) is 2.09. The van der Waals surface area contributed by atoms with E-state index in [1.807, 2.05) is 6.07 Å². The molecule has 0 fully saturated rings. The second-order valence-corrected chi connectivity index (χ2v) is 5.62. The van der Waals surface area contributed by atoms with Crippen molar-refractivity contribution >= 4 is 33.0 Å². The average molecular weight is 304 g/mol. The second-order valence-electron chi connectivity index (χ2n) is 4.57. The van der Waals surface area contributed by atoms with E-state index in [0.717, 1.165) is 10.5 Å². The highest BCUT2D eigenvalue weighted by molar-refractivity contribution is 7.21. The molecule has 3 rings (SSSR count). The fourth-order valence-corrected chi connectivity index (χ4v) is 3.11. The van der Waals surface area contributed by atoms with Crippen LogP contribution in [0.4, 0.5) is 10.1 Å². The number of anilines is 1. The summed E-state index contributed by atoms with van der Waals surface area (Å²) in [6.07, 6.45) is 2.20. The third-order valence-electron chi connectivity index (χ3n) is 3.13. The Bertz CT molecular complexity index is 780. The quantitative estimate of drug-likeness (QED) is 0.778. The topological polar surface area (TPSA) is 68.3 Å². The van der Waals surface area contributed by atoms with E-state index >= 15 is 0 Å². The number of hydrogen-bond acceptors (Lipinski definition) is 4. The molecular formula is C15H13FN2O2S. The largest absolute Gasteiger partial charge is 0.469 e. The summed E-state index contributed by atoms with van der Waals surface area (Å²) < 4.78 is 19.2. The number of furan rings is 1. The van der Waals surface area contributed by atoms with Crippen LogP contribution in [-0.2, 0) is 6.42 Å². The van der Waals surface area contributed by atoms with Crippen LogP contribution in [0.25, 0.3) is 10.1 Å². The Morgan fingerprint density at radius 1 is 1.38 bits per heavy atom. The number of carbonyl (C=O) groups excluding carboxylic acids is 1. The molecule has 0 atom stereocenters. The first-order chi connectivity index (χ1) is 10.1. The molecule has 0 unspecified atom stereocenters. The third kappa shape index (κ3) is 2.75. The van der Waals surface area contributed by atoms with Crippen molar-refractivity contribution in [3.05, 3.63) is 53.0 Å². The van der Waals surface area contributed by atoms with Gasteiger partial charge in [0.2, 0.25) is 0 Å². The number of carbonyl (C=O) groups is 1. The number of hydrogen-bond donors (Lipinski definition) is 2. The van der Waals surface area contributed by atoms with E-state index in [4.69, 9.17) is 10.2 Å². The molecule has 0 saturated carbocycles. The first-order valence-corrected chi connectivity index (χ1v) is 7.25. The lowest BCUT2D eigenvalue weighted by Gasteiger charge is -2.02. The van der Waals surface area contributed by atoms with Gasteiger partial charge < -0.3 is 15.5 Å². The van der Waals surface area contributed by atoms with Crippen molar-refractivity contribution in [2.45, 2.75) is 6.42 Å². The lowest BCUT2D eigenvalue weighted by molar-refractivity contribution is 0.0958. The van der Waals surface area contributed by atoms with Gasteiger partial charge in [-0.2, -0.15) is 0 Å². The van der Waals surface area contributed by atoms with Crippen LogP contribution in [0.5, 0.6) is 0 Å². The van der Waals surface area contributed by atoms with Gasteiger partial charge in [-0.1, -0.05) is 0 Å². The van der Waals surface area contributed by atoms with Gasteiger partial charge in [0.1, 0.15) is 16.5 Å². The van der Waals surface area contributed by atoms with Gasteiger partial charge in [-0.05, 0) is 30.3 Å². The van der Waals surface area contributed by atoms with E-state index in [-0.39, 0.29) is 11.7 Å². The fraction of sp³-hybridized carbons (Fsp3) is 0.133. The zero-order valence-corrected chi connectivity index (χ0v) is 11.9. The number of benzene rings is 1. The lowest BCUT2D eigenvalue weighted by Crippen LogP contribution is -2.25. The molecule has 0 aliphatic heterocycles. The van der Waals surface area contributed by atoms with Crippen LogP contribution in [0.15, 0.2) is 41.0 Å². The predicted octanol–water partition coefficient (Wildman–Crippen LogP) is 3.19. The zero-order valence-electron chi connectivity index (χ0n) is 11.1. The van der Waals surface area contributed by atoms with Crippen molar-refractivity contribution < 1.29 is 13.6 Å². The number of amides is 1. The number of thiophene rings is 1. The normalized spacial score (nSPS) is 10.9. The zero-order chi connectivity index (χ0) is 14.8. The summed E-state index contributed by atoms with van der Waals surface area (Å²) in [4.78, 5) is 12.6. The van der Waals surface area contributed by atoms with Crippen LogP contribution in [0.1, 0.15) is 15.4 Å².